The van der Waals surface area contributed by atoms with Crippen LogP contribution in [0, 0.1) is 11.8 Å². The van der Waals surface area contributed by atoms with Gasteiger partial charge >= 0.3 is 5.97 Å². The molecule has 0 bridgehead atoms. The minimum absolute atomic E-state index is 0.114. The second-order valence-corrected chi connectivity index (χ2v) is 11.4. The average molecular weight is 564 g/mol. The molecule has 0 radical (unpaired) electrons. The number of hydrogen-bond donors (Lipinski definition) is 1. The first-order valence-electron chi connectivity index (χ1n) is 14.6. The monoisotopic (exact) mass is 563 g/mol. The molecule has 2 fully saturated rings. The maximum Gasteiger partial charge on any atom is 0.313 e. The summed E-state index contributed by atoms with van der Waals surface area (Å²) in [6.45, 7) is 4.11. The lowest BCUT2D eigenvalue weighted by Gasteiger charge is -2.40. The van der Waals surface area contributed by atoms with E-state index in [9.17, 15) is 19.5 Å². The van der Waals surface area contributed by atoms with E-state index >= 15 is 0 Å². The van der Waals surface area contributed by atoms with E-state index in [1.165, 1.54) is 4.90 Å². The number of amides is 2. The van der Waals surface area contributed by atoms with E-state index in [0.717, 1.165) is 24.8 Å². The minimum Gasteiger partial charge on any atom is -0.465 e. The van der Waals surface area contributed by atoms with Crippen LogP contribution >= 0.6 is 0 Å². The largest absolute Gasteiger partial charge is 0.465 e. The molecule has 1 aromatic heterocycles. The molecule has 1 N–H and O–H groups in total. The van der Waals surface area contributed by atoms with Gasteiger partial charge < -0.3 is 24.4 Å². The lowest BCUT2D eigenvalue weighted by molar-refractivity contribution is -0.163. The van der Waals surface area contributed by atoms with Crippen LogP contribution in [-0.4, -0.2) is 90.7 Å². The van der Waals surface area contributed by atoms with Gasteiger partial charge in [-0.25, -0.2) is 4.68 Å². The number of carbonyl (C=O) groups is 3. The van der Waals surface area contributed by atoms with E-state index in [1.54, 1.807) is 9.58 Å². The second kappa shape index (κ2) is 10.7. The molecule has 2 saturated heterocycles. The Hall–Kier alpha value is -3.57. The van der Waals surface area contributed by atoms with Crippen molar-refractivity contribution in [3.63, 3.8) is 0 Å². The molecule has 6 rings (SSSR count). The summed E-state index contributed by atoms with van der Waals surface area (Å²) in [5, 5.41) is 18.8. The number of para-hydroxylation sites is 1. The molecule has 2 amide bonds. The summed E-state index contributed by atoms with van der Waals surface area (Å²) in [5.41, 5.74) is -1.03. The number of nitrogens with zero attached hydrogens (tertiary/aromatic N) is 5. The van der Waals surface area contributed by atoms with Gasteiger partial charge in [-0.1, -0.05) is 55.5 Å². The molecule has 0 aliphatic carbocycles. The smallest absolute Gasteiger partial charge is 0.313 e. The van der Waals surface area contributed by atoms with Crippen LogP contribution in [0.25, 0.3) is 11.0 Å². The number of esters is 1. The number of aliphatic hydroxyl groups excluding tert-OH is 1. The van der Waals surface area contributed by atoms with Crippen molar-refractivity contribution in [3.8, 4) is 0 Å². The fourth-order valence-corrected chi connectivity index (χ4v) is 7.14. The maximum atomic E-state index is 14.6. The van der Waals surface area contributed by atoms with E-state index in [4.69, 9.17) is 9.47 Å². The first kappa shape index (κ1) is 27.6. The number of aliphatic hydroxyl groups is 1. The van der Waals surface area contributed by atoms with Gasteiger partial charge in [0.05, 0.1) is 30.7 Å². The highest BCUT2D eigenvalue weighted by Gasteiger charge is 2.75. The average Bonchev–Trinajstić information content (AvgIpc) is 3.56. The number of allylic oxidation sites excluding steroid dienone is 1. The molecular formula is C30H37N5O6. The Kier molecular flexibility index (Phi) is 7.19. The molecule has 2 aromatic rings. The highest BCUT2D eigenvalue weighted by Crippen LogP contribution is 2.58. The Labute approximate surface area is 238 Å². The lowest BCUT2D eigenvalue weighted by Crippen LogP contribution is -2.59. The third kappa shape index (κ3) is 4.20. The first-order chi connectivity index (χ1) is 19.9. The molecule has 11 nitrogen and oxygen atoms in total. The quantitative estimate of drug-likeness (QED) is 0.419. The fraction of sp³-hybridized carbons (Fsp3) is 0.567. The highest BCUT2D eigenvalue weighted by atomic mass is 16.6. The summed E-state index contributed by atoms with van der Waals surface area (Å²) in [6, 6.07) is 5.81. The minimum atomic E-state index is -1.41. The fourth-order valence-electron chi connectivity index (χ4n) is 7.14. The Morgan fingerprint density at radius 3 is 2.68 bits per heavy atom. The molecule has 11 heteroatoms. The molecule has 1 spiro atoms. The van der Waals surface area contributed by atoms with Crippen molar-refractivity contribution in [1.29, 1.82) is 0 Å². The number of fused-ring (bicyclic) bond motifs is 3. The molecule has 41 heavy (non-hydrogen) atoms. The predicted octanol–water partition coefficient (Wildman–Crippen LogP) is 2.20. The molecular weight excluding hydrogens is 526 g/mol. The van der Waals surface area contributed by atoms with E-state index in [2.05, 4.69) is 10.3 Å². The standard InChI is InChI=1S/C30H37N5O6/c1-3-20(18-36)35-25-27(38)33(19-34-22-13-8-7-12-21(22)31-32-34)16-11-15-30(25)23(26(35)37)24-28(39)40-17-10-6-5-9-14-29(24,4-2)41-30/h7-9,11-15,20,23-25,36H,3-6,10,16-19H2,1-2H3/b14-9-/t20-,23-,24+,25?,29-,30-/m0/s1. The van der Waals surface area contributed by atoms with Crippen molar-refractivity contribution in [2.45, 2.75) is 75.9 Å². The van der Waals surface area contributed by atoms with Gasteiger partial charge in [0.25, 0.3) is 5.91 Å². The van der Waals surface area contributed by atoms with Gasteiger partial charge in [-0.05, 0) is 44.2 Å². The van der Waals surface area contributed by atoms with Crippen LogP contribution < -0.4 is 0 Å². The third-order valence-corrected chi connectivity index (χ3v) is 9.20. The molecule has 1 aromatic carbocycles. The summed E-state index contributed by atoms with van der Waals surface area (Å²) in [7, 11) is 0. The lowest BCUT2D eigenvalue weighted by atomic mass is 9.73. The number of hydrogen-bond acceptors (Lipinski definition) is 8. The molecule has 6 atom stereocenters. The number of likely N-dealkylation sites (tertiary alicyclic amines) is 1. The zero-order valence-corrected chi connectivity index (χ0v) is 23.5. The highest BCUT2D eigenvalue weighted by molar-refractivity contribution is 5.99. The molecule has 4 aliphatic heterocycles. The van der Waals surface area contributed by atoms with Crippen molar-refractivity contribution < 1.29 is 29.0 Å². The third-order valence-electron chi connectivity index (χ3n) is 9.20. The topological polar surface area (TPSA) is 127 Å². The van der Waals surface area contributed by atoms with Gasteiger partial charge in [0.2, 0.25) is 5.91 Å². The van der Waals surface area contributed by atoms with Crippen LogP contribution in [-0.2, 0) is 30.5 Å². The van der Waals surface area contributed by atoms with Gasteiger partial charge in [-0.15, -0.1) is 5.10 Å². The van der Waals surface area contributed by atoms with Crippen LogP contribution in [0.15, 0.2) is 48.6 Å². The van der Waals surface area contributed by atoms with Gasteiger partial charge in [0, 0.05) is 6.54 Å². The van der Waals surface area contributed by atoms with E-state index in [-0.39, 0.29) is 38.2 Å². The zero-order valence-electron chi connectivity index (χ0n) is 23.5. The van der Waals surface area contributed by atoms with E-state index in [0.29, 0.717) is 18.4 Å². The van der Waals surface area contributed by atoms with Crippen molar-refractivity contribution >= 4 is 28.8 Å². The molecule has 218 valence electrons. The van der Waals surface area contributed by atoms with Crippen molar-refractivity contribution in [1.82, 2.24) is 24.8 Å². The molecule has 1 unspecified atom stereocenters. The number of rotatable bonds is 6. The van der Waals surface area contributed by atoms with Crippen LogP contribution in [0.4, 0.5) is 0 Å². The predicted molar refractivity (Wildman–Crippen MR) is 148 cm³/mol. The van der Waals surface area contributed by atoms with Crippen molar-refractivity contribution in [2.24, 2.45) is 11.8 Å². The Bertz CT molecular complexity index is 1400. The van der Waals surface area contributed by atoms with Crippen LogP contribution in [0.1, 0.15) is 46.0 Å². The summed E-state index contributed by atoms with van der Waals surface area (Å²) >= 11 is 0. The number of ether oxygens (including phenoxy) is 2. The molecule has 4 aliphatic rings. The van der Waals surface area contributed by atoms with Gasteiger partial charge in [0.15, 0.2) is 0 Å². The number of cyclic esters (lactones) is 1. The number of carbonyl (C=O) groups excluding carboxylic acids is 3. The van der Waals surface area contributed by atoms with Gasteiger partial charge in [-0.3, -0.25) is 14.4 Å². The zero-order chi connectivity index (χ0) is 28.8. The Morgan fingerprint density at radius 1 is 1.07 bits per heavy atom. The number of aromatic nitrogens is 3. The van der Waals surface area contributed by atoms with E-state index in [1.807, 2.05) is 62.4 Å². The second-order valence-electron chi connectivity index (χ2n) is 11.4. The number of benzene rings is 1. The summed E-state index contributed by atoms with van der Waals surface area (Å²) in [6.07, 6.45) is 10.9. The van der Waals surface area contributed by atoms with Gasteiger partial charge in [-0.2, -0.15) is 0 Å². The van der Waals surface area contributed by atoms with Crippen LogP contribution in [0.3, 0.4) is 0 Å². The normalized spacial score (nSPS) is 33.2. The first-order valence-corrected chi connectivity index (χ1v) is 14.6. The SMILES string of the molecule is CC[C@@H](CO)N1C(=O)[C@@H]2[C@@H]3C(=O)OCCCC/C=C\[C@]3(CC)O[C@@]23C=CCN(Cn2nnc4ccccc42)C(=O)C13. The maximum absolute atomic E-state index is 14.6. The molecule has 5 heterocycles. The molecule has 0 saturated carbocycles. The summed E-state index contributed by atoms with van der Waals surface area (Å²) in [5.74, 6) is -3.09. The van der Waals surface area contributed by atoms with Gasteiger partial charge in [0.1, 0.15) is 35.3 Å². The van der Waals surface area contributed by atoms with Crippen LogP contribution in [0.2, 0.25) is 0 Å². The van der Waals surface area contributed by atoms with Crippen LogP contribution in [0.5, 0.6) is 0 Å². The Balaban J connectivity index is 1.47. The summed E-state index contributed by atoms with van der Waals surface area (Å²) in [4.78, 5) is 45.8. The summed E-state index contributed by atoms with van der Waals surface area (Å²) < 4.78 is 14.3. The Morgan fingerprint density at radius 2 is 1.90 bits per heavy atom. The van der Waals surface area contributed by atoms with E-state index < -0.39 is 41.1 Å². The van der Waals surface area contributed by atoms with Crippen molar-refractivity contribution in [3.05, 3.63) is 48.6 Å². The van der Waals surface area contributed by atoms with Crippen molar-refractivity contribution in [2.75, 3.05) is 19.8 Å².